The minimum Gasteiger partial charge on any atom is -0.394 e. The minimum atomic E-state index is -1.98. The van der Waals surface area contributed by atoms with Crippen molar-refractivity contribution in [1.82, 2.24) is 5.32 Å². The molecule has 12 N–H and O–H groups in total. The number of carbonyl (C=O) groups excluding carboxylic acids is 1. The molecule has 3 fully saturated rings. The largest absolute Gasteiger partial charge is 0.394 e. The normalized spacial score (nSPS) is 27.7. The highest BCUT2D eigenvalue weighted by Gasteiger charge is 2.53. The van der Waals surface area contributed by atoms with Crippen molar-refractivity contribution < 1.29 is 89.4 Å². The zero-order chi connectivity index (χ0) is 68.2. The number of ether oxygens (including phenoxy) is 6. The van der Waals surface area contributed by atoms with E-state index < -0.39 is 124 Å². The fourth-order valence-electron chi connectivity index (χ4n) is 12.5. The zero-order valence-electron chi connectivity index (χ0n) is 58.2. The third-order valence-corrected chi connectivity index (χ3v) is 18.6. The molecule has 3 heterocycles. The fraction of sp³-hybridized carbons (Fsp3) is 0.853. The van der Waals surface area contributed by atoms with E-state index in [9.17, 15) is 61.0 Å². The standard InChI is InChI=1S/C75H135NO18/c1-3-5-7-9-11-13-15-17-19-21-23-24-25-26-27-28-29-30-31-32-33-34-35-37-39-41-43-45-47-49-51-53-63(81)76-58(59(80)52-50-48-46-44-42-40-38-36-22-20-18-16-14-12-10-8-6-4-2)57-89-73-69(87)66(84)71(61(55-78)91-73)94-75-70(88)67(85)72(62(56-79)92-75)93-74-68(86)65(83)64(82)60(54-77)90-74/h5,7,11,13,17,19,23-24,50,52,58-62,64-75,77-80,82-88H,3-4,6,8-10,12,14-16,18,20-22,25-49,51,53-57H2,1-2H3,(H,76,81)/b7-5-,13-11-,19-17-,24-23-,52-50+. The minimum absolute atomic E-state index is 0.244. The molecule has 0 radical (unpaired) electrons. The van der Waals surface area contributed by atoms with E-state index in [1.54, 1.807) is 6.08 Å². The number of carbonyl (C=O) groups is 1. The molecule has 17 unspecified atom stereocenters. The first-order valence-electron chi connectivity index (χ1n) is 37.5. The predicted molar refractivity (Wildman–Crippen MR) is 369 cm³/mol. The topological polar surface area (TPSA) is 307 Å². The third-order valence-electron chi connectivity index (χ3n) is 18.6. The molecule has 0 aliphatic carbocycles. The summed E-state index contributed by atoms with van der Waals surface area (Å²) in [6, 6.07) is -0.974. The van der Waals surface area contributed by atoms with Crippen LogP contribution in [0.5, 0.6) is 0 Å². The first kappa shape index (κ1) is 85.7. The number of unbranched alkanes of at least 4 members (excludes halogenated alkanes) is 34. The van der Waals surface area contributed by atoms with Gasteiger partial charge < -0.3 is 89.9 Å². The Kier molecular flexibility index (Phi) is 51.3. The second-order valence-electron chi connectivity index (χ2n) is 26.7. The van der Waals surface area contributed by atoms with E-state index in [2.05, 4.69) is 67.8 Å². The Morgan fingerprint density at radius 1 is 0.394 bits per heavy atom. The maximum absolute atomic E-state index is 13.4. The summed E-state index contributed by atoms with van der Waals surface area (Å²) in [6.07, 6.45) is 43.4. The van der Waals surface area contributed by atoms with E-state index in [1.807, 2.05) is 6.08 Å². The highest BCUT2D eigenvalue weighted by atomic mass is 16.8. The first-order chi connectivity index (χ1) is 45.8. The van der Waals surface area contributed by atoms with Crippen LogP contribution >= 0.6 is 0 Å². The number of aliphatic hydroxyl groups is 11. The molecule has 0 saturated carbocycles. The second kappa shape index (κ2) is 56.3. The number of hydrogen-bond acceptors (Lipinski definition) is 18. The van der Waals surface area contributed by atoms with Crippen LogP contribution in [0.25, 0.3) is 0 Å². The molecular formula is C75H135NO18. The van der Waals surface area contributed by atoms with Gasteiger partial charge in [-0.2, -0.15) is 0 Å². The molecule has 0 aromatic carbocycles. The highest BCUT2D eigenvalue weighted by molar-refractivity contribution is 5.76. The van der Waals surface area contributed by atoms with Crippen LogP contribution in [-0.2, 0) is 33.2 Å². The predicted octanol–water partition coefficient (Wildman–Crippen LogP) is 11.1. The van der Waals surface area contributed by atoms with Crippen LogP contribution in [0.2, 0.25) is 0 Å². The monoisotopic (exact) mass is 1340 g/mol. The number of allylic oxidation sites excluding steroid dienone is 9. The molecule has 548 valence electrons. The van der Waals surface area contributed by atoms with Crippen molar-refractivity contribution in [2.24, 2.45) is 0 Å². The van der Waals surface area contributed by atoms with Crippen LogP contribution in [0.15, 0.2) is 60.8 Å². The lowest BCUT2D eigenvalue weighted by molar-refractivity contribution is -0.379. The van der Waals surface area contributed by atoms with Gasteiger partial charge >= 0.3 is 0 Å². The summed E-state index contributed by atoms with van der Waals surface area (Å²) in [7, 11) is 0. The maximum atomic E-state index is 13.4. The maximum Gasteiger partial charge on any atom is 0.220 e. The van der Waals surface area contributed by atoms with Crippen molar-refractivity contribution >= 4 is 5.91 Å². The molecule has 19 nitrogen and oxygen atoms in total. The van der Waals surface area contributed by atoms with E-state index in [4.69, 9.17) is 28.4 Å². The number of amides is 1. The Labute approximate surface area is 566 Å². The van der Waals surface area contributed by atoms with Crippen molar-refractivity contribution in [3.05, 3.63) is 60.8 Å². The highest BCUT2D eigenvalue weighted by Crippen LogP contribution is 2.33. The average Bonchev–Trinajstić information content (AvgIpc) is 0.787. The number of hydrogen-bond donors (Lipinski definition) is 12. The van der Waals surface area contributed by atoms with E-state index in [0.717, 1.165) is 70.6 Å². The van der Waals surface area contributed by atoms with Gasteiger partial charge in [0.2, 0.25) is 5.91 Å². The lowest BCUT2D eigenvalue weighted by atomic mass is 9.96. The van der Waals surface area contributed by atoms with Crippen molar-refractivity contribution in [3.63, 3.8) is 0 Å². The molecule has 3 rings (SSSR count). The molecule has 0 spiro atoms. The van der Waals surface area contributed by atoms with Crippen molar-refractivity contribution in [3.8, 4) is 0 Å². The molecule has 17 atom stereocenters. The lowest BCUT2D eigenvalue weighted by Crippen LogP contribution is -2.66. The Hall–Kier alpha value is -2.51. The molecular weight excluding hydrogens is 1200 g/mol. The lowest BCUT2D eigenvalue weighted by Gasteiger charge is -2.48. The first-order valence-corrected chi connectivity index (χ1v) is 37.5. The van der Waals surface area contributed by atoms with Gasteiger partial charge in [-0.1, -0.05) is 274 Å². The van der Waals surface area contributed by atoms with E-state index >= 15 is 0 Å². The number of nitrogens with one attached hydrogen (secondary N) is 1. The molecule has 3 aliphatic heterocycles. The Balaban J connectivity index is 1.38. The van der Waals surface area contributed by atoms with Gasteiger partial charge in [0, 0.05) is 6.42 Å². The van der Waals surface area contributed by atoms with Gasteiger partial charge in [-0.25, -0.2) is 0 Å². The van der Waals surface area contributed by atoms with Crippen LogP contribution < -0.4 is 5.32 Å². The molecule has 1 amide bonds. The van der Waals surface area contributed by atoms with Gasteiger partial charge in [0.15, 0.2) is 18.9 Å². The van der Waals surface area contributed by atoms with E-state index in [1.165, 1.54) is 180 Å². The molecule has 0 bridgehead atoms. The van der Waals surface area contributed by atoms with Gasteiger partial charge in [0.25, 0.3) is 0 Å². The summed E-state index contributed by atoms with van der Waals surface area (Å²) in [5, 5.41) is 121. The molecule has 0 aromatic heterocycles. The molecule has 3 saturated heterocycles. The van der Waals surface area contributed by atoms with Crippen LogP contribution in [-0.4, -0.2) is 193 Å². The van der Waals surface area contributed by atoms with Crippen molar-refractivity contribution in [2.75, 3.05) is 26.4 Å². The Morgan fingerprint density at radius 3 is 1.15 bits per heavy atom. The van der Waals surface area contributed by atoms with Crippen molar-refractivity contribution in [1.29, 1.82) is 0 Å². The van der Waals surface area contributed by atoms with Crippen LogP contribution in [0.1, 0.15) is 277 Å². The third kappa shape index (κ3) is 37.1. The number of aliphatic hydroxyl groups excluding tert-OH is 11. The summed E-state index contributed by atoms with van der Waals surface area (Å²) in [4.78, 5) is 13.4. The summed E-state index contributed by atoms with van der Waals surface area (Å²) in [5.41, 5.74) is 0. The summed E-state index contributed by atoms with van der Waals surface area (Å²) in [6.45, 7) is 1.65. The van der Waals surface area contributed by atoms with Gasteiger partial charge in [-0.05, 0) is 57.8 Å². The number of rotatable bonds is 58. The summed E-state index contributed by atoms with van der Waals surface area (Å²) < 4.78 is 34.4. The Morgan fingerprint density at radius 2 is 0.734 bits per heavy atom. The van der Waals surface area contributed by atoms with Gasteiger partial charge in [-0.15, -0.1) is 0 Å². The average molecular weight is 1340 g/mol. The van der Waals surface area contributed by atoms with E-state index in [-0.39, 0.29) is 18.9 Å². The SMILES string of the molecule is CC/C=C\C/C=C\C/C=C\C/C=C\CCCCCCCCCCCCCCCCCCCCC(=O)NC(COC1OC(CO)C(OC2OC(CO)C(OC3OC(CO)C(O)C(O)C3O)C(O)C2O)C(O)C1O)C(O)/C=C/CCCCCCCCCCCCCCCCCC. The van der Waals surface area contributed by atoms with Crippen LogP contribution in [0.4, 0.5) is 0 Å². The van der Waals surface area contributed by atoms with Gasteiger partial charge in [0.1, 0.15) is 73.2 Å². The smallest absolute Gasteiger partial charge is 0.220 e. The molecule has 19 heteroatoms. The van der Waals surface area contributed by atoms with Crippen LogP contribution in [0.3, 0.4) is 0 Å². The van der Waals surface area contributed by atoms with Gasteiger partial charge in [0.05, 0.1) is 38.6 Å². The molecule has 94 heavy (non-hydrogen) atoms. The van der Waals surface area contributed by atoms with E-state index in [0.29, 0.717) is 6.42 Å². The Bertz CT molecular complexity index is 1940. The quantitative estimate of drug-likeness (QED) is 0.0199. The van der Waals surface area contributed by atoms with Gasteiger partial charge in [-0.3, -0.25) is 4.79 Å². The molecule has 3 aliphatic rings. The van der Waals surface area contributed by atoms with Crippen molar-refractivity contribution in [2.45, 2.75) is 381 Å². The summed E-state index contributed by atoms with van der Waals surface area (Å²) in [5.74, 6) is -0.273. The van der Waals surface area contributed by atoms with Crippen LogP contribution in [0, 0.1) is 0 Å². The zero-order valence-corrected chi connectivity index (χ0v) is 58.2. The fourth-order valence-corrected chi connectivity index (χ4v) is 12.5. The molecule has 0 aromatic rings. The second-order valence-corrected chi connectivity index (χ2v) is 26.7. The summed E-state index contributed by atoms with van der Waals surface area (Å²) >= 11 is 0.